The van der Waals surface area contributed by atoms with Gasteiger partial charge in [0.25, 0.3) is 0 Å². The fourth-order valence-corrected chi connectivity index (χ4v) is 1.07. The van der Waals surface area contributed by atoms with Crippen LogP contribution in [0.25, 0.3) is 0 Å². The van der Waals surface area contributed by atoms with Gasteiger partial charge in [-0.3, -0.25) is 0 Å². The van der Waals surface area contributed by atoms with Gasteiger partial charge in [0, 0.05) is 5.56 Å². The maximum Gasteiger partial charge on any atom is 0.338 e. The molecule has 0 fully saturated rings. The summed E-state index contributed by atoms with van der Waals surface area (Å²) >= 11 is 0. The first kappa shape index (κ1) is 9.74. The van der Waals surface area contributed by atoms with Crippen LogP contribution in [0, 0.1) is 0 Å². The number of rotatable bonds is 0. The van der Waals surface area contributed by atoms with Crippen LogP contribution in [0.1, 0.15) is 15.9 Å². The van der Waals surface area contributed by atoms with Gasteiger partial charge in [0.05, 0.1) is 5.56 Å². The highest BCUT2D eigenvalue weighted by Gasteiger charge is 2.18. The topological polar surface area (TPSA) is 38.3 Å². The predicted molar refractivity (Wildman–Crippen MR) is 50.5 cm³/mol. The average molecular weight is 179 g/mol. The standard InChI is InChI=1S/C8H6O2.C2H7N/c9-8-7-4-2-1-3-6(7)5-10-8;1-3-2/h1-4H,5H2;3H,1-2H3. The summed E-state index contributed by atoms with van der Waals surface area (Å²) in [6.07, 6.45) is 0. The number of nitrogens with one attached hydrogen (secondary N) is 1. The van der Waals surface area contributed by atoms with Crippen LogP contribution in [0.5, 0.6) is 0 Å². The van der Waals surface area contributed by atoms with Crippen molar-refractivity contribution in [1.82, 2.24) is 5.32 Å². The van der Waals surface area contributed by atoms with Crippen molar-refractivity contribution in [2.24, 2.45) is 0 Å². The summed E-state index contributed by atoms with van der Waals surface area (Å²) in [7, 11) is 3.75. The molecule has 1 N–H and O–H groups in total. The first-order valence-corrected chi connectivity index (χ1v) is 4.13. The summed E-state index contributed by atoms with van der Waals surface area (Å²) in [5.74, 6) is -0.199. The molecule has 1 aliphatic rings. The fraction of sp³-hybridized carbons (Fsp3) is 0.300. The largest absolute Gasteiger partial charge is 0.457 e. The number of ether oxygens (including phenoxy) is 1. The Hall–Kier alpha value is -1.35. The zero-order valence-electron chi connectivity index (χ0n) is 7.83. The van der Waals surface area contributed by atoms with Crippen molar-refractivity contribution in [3.05, 3.63) is 35.4 Å². The van der Waals surface area contributed by atoms with Gasteiger partial charge in [-0.15, -0.1) is 0 Å². The summed E-state index contributed by atoms with van der Waals surface area (Å²) in [6.45, 7) is 0.439. The number of carbonyl (C=O) groups excluding carboxylic acids is 1. The van der Waals surface area contributed by atoms with Gasteiger partial charge >= 0.3 is 5.97 Å². The van der Waals surface area contributed by atoms with E-state index in [0.717, 1.165) is 5.56 Å². The number of esters is 1. The lowest BCUT2D eigenvalue weighted by atomic mass is 10.1. The molecule has 70 valence electrons. The molecule has 0 aromatic heterocycles. The quantitative estimate of drug-likeness (QED) is 0.608. The van der Waals surface area contributed by atoms with Gasteiger partial charge in [0.1, 0.15) is 6.61 Å². The van der Waals surface area contributed by atoms with Gasteiger partial charge in [-0.05, 0) is 20.2 Å². The van der Waals surface area contributed by atoms with E-state index in [1.807, 2.05) is 32.3 Å². The molecule has 1 aliphatic heterocycles. The Bertz CT molecular complexity index is 297. The number of cyclic esters (lactones) is 1. The van der Waals surface area contributed by atoms with Crippen molar-refractivity contribution < 1.29 is 9.53 Å². The molecule has 1 heterocycles. The van der Waals surface area contributed by atoms with E-state index in [9.17, 15) is 4.79 Å². The van der Waals surface area contributed by atoms with E-state index < -0.39 is 0 Å². The molecule has 3 nitrogen and oxygen atoms in total. The maximum absolute atomic E-state index is 10.8. The van der Waals surface area contributed by atoms with Crippen molar-refractivity contribution in [2.75, 3.05) is 14.1 Å². The first-order chi connectivity index (χ1) is 6.29. The highest BCUT2D eigenvalue weighted by molar-refractivity contribution is 5.93. The van der Waals surface area contributed by atoms with Crippen LogP contribution >= 0.6 is 0 Å². The molecule has 0 unspecified atom stereocenters. The van der Waals surface area contributed by atoms with Gasteiger partial charge in [-0.25, -0.2) is 4.79 Å². The van der Waals surface area contributed by atoms with E-state index in [4.69, 9.17) is 4.74 Å². The number of hydrogen-bond acceptors (Lipinski definition) is 3. The molecular weight excluding hydrogens is 166 g/mol. The summed E-state index contributed by atoms with van der Waals surface area (Å²) in [4.78, 5) is 10.8. The predicted octanol–water partition coefficient (Wildman–Crippen LogP) is 1.19. The molecule has 0 spiro atoms. The van der Waals surface area contributed by atoms with Crippen LogP contribution in [0.2, 0.25) is 0 Å². The Kier molecular flexibility index (Phi) is 3.46. The molecule has 0 aliphatic carbocycles. The Labute approximate surface area is 77.7 Å². The van der Waals surface area contributed by atoms with Crippen LogP contribution in [-0.2, 0) is 11.3 Å². The SMILES string of the molecule is CNC.O=C1OCc2ccccc21. The zero-order valence-corrected chi connectivity index (χ0v) is 7.83. The third-order valence-electron chi connectivity index (χ3n) is 1.60. The smallest absolute Gasteiger partial charge is 0.338 e. The zero-order chi connectivity index (χ0) is 9.68. The minimum atomic E-state index is -0.199. The van der Waals surface area contributed by atoms with Crippen LogP contribution in [-0.4, -0.2) is 20.1 Å². The van der Waals surface area contributed by atoms with E-state index in [2.05, 4.69) is 5.32 Å². The van der Waals surface area contributed by atoms with Crippen LogP contribution < -0.4 is 5.32 Å². The summed E-state index contributed by atoms with van der Waals surface area (Å²) < 4.78 is 4.78. The molecule has 13 heavy (non-hydrogen) atoms. The van der Waals surface area contributed by atoms with Crippen molar-refractivity contribution in [3.8, 4) is 0 Å². The van der Waals surface area contributed by atoms with Crippen LogP contribution in [0.4, 0.5) is 0 Å². The van der Waals surface area contributed by atoms with Crippen LogP contribution in [0.15, 0.2) is 24.3 Å². The molecule has 0 bridgehead atoms. The van der Waals surface area contributed by atoms with E-state index in [0.29, 0.717) is 12.2 Å². The van der Waals surface area contributed by atoms with Gasteiger partial charge in [0.15, 0.2) is 0 Å². The Morgan fingerprint density at radius 1 is 1.31 bits per heavy atom. The Morgan fingerprint density at radius 3 is 2.54 bits per heavy atom. The molecule has 0 saturated heterocycles. The maximum atomic E-state index is 10.8. The lowest BCUT2D eigenvalue weighted by Gasteiger charge is -1.87. The van der Waals surface area contributed by atoms with Gasteiger partial charge in [-0.2, -0.15) is 0 Å². The molecule has 2 rings (SSSR count). The minimum Gasteiger partial charge on any atom is -0.457 e. The molecule has 0 radical (unpaired) electrons. The van der Waals surface area contributed by atoms with E-state index >= 15 is 0 Å². The summed E-state index contributed by atoms with van der Waals surface area (Å²) in [5.41, 5.74) is 1.70. The number of carbonyl (C=O) groups is 1. The molecule has 1 aromatic carbocycles. The summed E-state index contributed by atoms with van der Waals surface area (Å²) in [6, 6.07) is 7.43. The third kappa shape index (κ3) is 2.29. The van der Waals surface area contributed by atoms with Crippen molar-refractivity contribution in [1.29, 1.82) is 0 Å². The van der Waals surface area contributed by atoms with Crippen LogP contribution in [0.3, 0.4) is 0 Å². The average Bonchev–Trinajstić information content (AvgIpc) is 2.50. The molecule has 0 atom stereocenters. The molecule has 3 heteroatoms. The van der Waals surface area contributed by atoms with Gasteiger partial charge < -0.3 is 10.1 Å². The van der Waals surface area contributed by atoms with E-state index in [-0.39, 0.29) is 5.97 Å². The highest BCUT2D eigenvalue weighted by atomic mass is 16.5. The second-order valence-corrected chi connectivity index (χ2v) is 2.73. The fourth-order valence-electron chi connectivity index (χ4n) is 1.07. The normalized spacial score (nSPS) is 12.6. The first-order valence-electron chi connectivity index (χ1n) is 4.13. The number of hydrogen-bond donors (Lipinski definition) is 1. The molecule has 0 saturated carbocycles. The lowest BCUT2D eigenvalue weighted by molar-refractivity contribution is 0.0535. The second kappa shape index (κ2) is 4.62. The Balaban J connectivity index is 0.000000251. The third-order valence-corrected chi connectivity index (χ3v) is 1.60. The van der Waals surface area contributed by atoms with Crippen molar-refractivity contribution in [2.45, 2.75) is 6.61 Å². The van der Waals surface area contributed by atoms with Crippen molar-refractivity contribution >= 4 is 5.97 Å². The monoisotopic (exact) mass is 179 g/mol. The molecule has 1 aromatic rings. The van der Waals surface area contributed by atoms with E-state index in [1.54, 1.807) is 6.07 Å². The van der Waals surface area contributed by atoms with Crippen molar-refractivity contribution in [3.63, 3.8) is 0 Å². The molecular formula is C10H13NO2. The van der Waals surface area contributed by atoms with Gasteiger partial charge in [0.2, 0.25) is 0 Å². The molecule has 0 amide bonds. The number of fused-ring (bicyclic) bond motifs is 1. The second-order valence-electron chi connectivity index (χ2n) is 2.73. The number of benzene rings is 1. The highest BCUT2D eigenvalue weighted by Crippen LogP contribution is 2.17. The minimum absolute atomic E-state index is 0.199. The van der Waals surface area contributed by atoms with Gasteiger partial charge in [-0.1, -0.05) is 18.2 Å². The van der Waals surface area contributed by atoms with E-state index in [1.165, 1.54) is 0 Å². The lowest BCUT2D eigenvalue weighted by Crippen LogP contribution is -1.91. The summed E-state index contributed by atoms with van der Waals surface area (Å²) in [5, 5.41) is 2.75. The Morgan fingerprint density at radius 2 is 1.92 bits per heavy atom.